The summed E-state index contributed by atoms with van der Waals surface area (Å²) in [5.74, 6) is -4.58. The number of hydrogen-bond acceptors (Lipinski definition) is 5. The van der Waals surface area contributed by atoms with Crippen molar-refractivity contribution in [3.05, 3.63) is 0 Å². The van der Waals surface area contributed by atoms with Crippen LogP contribution in [0.4, 0.5) is 0 Å². The summed E-state index contributed by atoms with van der Waals surface area (Å²) in [7, 11) is -2.20. The Morgan fingerprint density at radius 2 is 1.93 bits per heavy atom. The van der Waals surface area contributed by atoms with E-state index < -0.39 is 39.4 Å². The summed E-state index contributed by atoms with van der Waals surface area (Å²) in [5.41, 5.74) is 0. The predicted molar refractivity (Wildman–Crippen MR) is 49.9 cm³/mol. The Hall–Kier alpha value is -1.11. The second-order valence-corrected chi connectivity index (χ2v) is 5.71. The molecule has 0 radical (unpaired) electrons. The summed E-state index contributed by atoms with van der Waals surface area (Å²) in [5, 5.41) is 8.82. The Morgan fingerprint density at radius 3 is 2.40 bits per heavy atom. The number of aliphatic carboxylic acids is 1. The predicted octanol–water partition coefficient (Wildman–Crippen LogP) is -0.705. The average molecular weight is 236 g/mol. The first-order chi connectivity index (χ1) is 6.87. The molecule has 1 N–H and O–H groups in total. The van der Waals surface area contributed by atoms with Crippen molar-refractivity contribution >= 4 is 21.8 Å². The molecule has 0 saturated carbocycles. The molecule has 0 aromatic carbocycles. The van der Waals surface area contributed by atoms with Crippen molar-refractivity contribution in [3.63, 3.8) is 0 Å². The van der Waals surface area contributed by atoms with Gasteiger partial charge in [0, 0.05) is 0 Å². The third kappa shape index (κ3) is 2.68. The first-order valence-corrected chi connectivity index (χ1v) is 6.20. The molecule has 1 aliphatic rings. The number of rotatable bonds is 2. The van der Waals surface area contributed by atoms with Crippen molar-refractivity contribution in [2.45, 2.75) is 6.42 Å². The van der Waals surface area contributed by atoms with Gasteiger partial charge in [0.05, 0.1) is 30.5 Å². The number of sulfone groups is 1. The molecule has 0 bridgehead atoms. The minimum Gasteiger partial charge on any atom is -0.481 e. The first kappa shape index (κ1) is 12.0. The van der Waals surface area contributed by atoms with Gasteiger partial charge < -0.3 is 9.84 Å². The number of carbonyl (C=O) groups excluding carboxylic acids is 1. The average Bonchev–Trinajstić information content (AvgIpc) is 2.14. The molecule has 1 aliphatic heterocycles. The minimum absolute atomic E-state index is 0.0303. The van der Waals surface area contributed by atoms with E-state index in [1.165, 1.54) is 0 Å². The maximum atomic E-state index is 11.2. The molecule has 1 heterocycles. The quantitative estimate of drug-likeness (QED) is 0.636. The second-order valence-electron chi connectivity index (χ2n) is 3.48. The zero-order chi connectivity index (χ0) is 11.6. The summed E-state index contributed by atoms with van der Waals surface area (Å²) < 4.78 is 26.9. The SMILES string of the molecule is COC(=O)C1CS(=O)(=O)CCC1C(=O)O. The standard InChI is InChI=1S/C8H12O6S/c1-14-8(11)6-4-15(12,13)3-2-5(6)7(9)10/h5-6H,2-4H2,1H3,(H,9,10). The maximum absolute atomic E-state index is 11.2. The van der Waals surface area contributed by atoms with Crippen molar-refractivity contribution in [3.8, 4) is 0 Å². The molecular formula is C8H12O6S. The van der Waals surface area contributed by atoms with E-state index in [4.69, 9.17) is 5.11 Å². The molecule has 0 amide bonds. The Balaban J connectivity index is 2.92. The highest BCUT2D eigenvalue weighted by Gasteiger charge is 2.42. The first-order valence-electron chi connectivity index (χ1n) is 4.38. The monoisotopic (exact) mass is 236 g/mol. The van der Waals surface area contributed by atoms with E-state index in [9.17, 15) is 18.0 Å². The van der Waals surface area contributed by atoms with E-state index in [1.807, 2.05) is 0 Å². The largest absolute Gasteiger partial charge is 0.481 e. The molecular weight excluding hydrogens is 224 g/mol. The summed E-state index contributed by atoms with van der Waals surface area (Å²) in [6, 6.07) is 0. The summed E-state index contributed by atoms with van der Waals surface area (Å²) in [6.45, 7) is 0. The number of hydrogen-bond donors (Lipinski definition) is 1. The Morgan fingerprint density at radius 1 is 1.33 bits per heavy atom. The third-order valence-electron chi connectivity index (χ3n) is 2.48. The molecule has 0 aromatic rings. The van der Waals surface area contributed by atoms with E-state index >= 15 is 0 Å². The molecule has 0 aliphatic carbocycles. The Labute approximate surface area is 87.1 Å². The van der Waals surface area contributed by atoms with E-state index in [2.05, 4.69) is 4.74 Å². The van der Waals surface area contributed by atoms with Gasteiger partial charge in [-0.2, -0.15) is 0 Å². The number of carboxylic acid groups (broad SMARTS) is 1. The smallest absolute Gasteiger partial charge is 0.310 e. The van der Waals surface area contributed by atoms with Crippen LogP contribution >= 0.6 is 0 Å². The van der Waals surface area contributed by atoms with Gasteiger partial charge in [-0.15, -0.1) is 0 Å². The van der Waals surface area contributed by atoms with E-state index in [1.54, 1.807) is 0 Å². The molecule has 2 unspecified atom stereocenters. The molecule has 1 rings (SSSR count). The number of carbonyl (C=O) groups is 2. The zero-order valence-electron chi connectivity index (χ0n) is 8.17. The van der Waals surface area contributed by atoms with Gasteiger partial charge >= 0.3 is 11.9 Å². The van der Waals surface area contributed by atoms with Gasteiger partial charge in [0.1, 0.15) is 0 Å². The highest BCUT2D eigenvalue weighted by Crippen LogP contribution is 2.26. The van der Waals surface area contributed by atoms with Crippen LogP contribution in [0.25, 0.3) is 0 Å². The molecule has 1 saturated heterocycles. The van der Waals surface area contributed by atoms with E-state index in [-0.39, 0.29) is 12.2 Å². The molecule has 86 valence electrons. The lowest BCUT2D eigenvalue weighted by molar-refractivity contribution is -0.155. The fourth-order valence-corrected chi connectivity index (χ4v) is 3.36. The summed E-state index contributed by atoms with van der Waals surface area (Å²) >= 11 is 0. The van der Waals surface area contributed by atoms with Crippen LogP contribution < -0.4 is 0 Å². The number of ether oxygens (including phenoxy) is 1. The fraction of sp³-hybridized carbons (Fsp3) is 0.750. The van der Waals surface area contributed by atoms with Crippen LogP contribution in [0, 0.1) is 11.8 Å². The van der Waals surface area contributed by atoms with Gasteiger partial charge in [0.15, 0.2) is 9.84 Å². The van der Waals surface area contributed by atoms with Crippen molar-refractivity contribution in [2.75, 3.05) is 18.6 Å². The van der Waals surface area contributed by atoms with Gasteiger partial charge in [-0.05, 0) is 6.42 Å². The highest BCUT2D eigenvalue weighted by atomic mass is 32.2. The summed E-state index contributed by atoms with van der Waals surface area (Å²) in [4.78, 5) is 22.0. The highest BCUT2D eigenvalue weighted by molar-refractivity contribution is 7.91. The van der Waals surface area contributed by atoms with Crippen LogP contribution in [0.15, 0.2) is 0 Å². The molecule has 7 heteroatoms. The minimum atomic E-state index is -3.32. The second kappa shape index (κ2) is 4.18. The molecule has 0 aromatic heterocycles. The van der Waals surface area contributed by atoms with Crippen molar-refractivity contribution in [2.24, 2.45) is 11.8 Å². The third-order valence-corrected chi connectivity index (χ3v) is 4.20. The Bertz CT molecular complexity index is 371. The fourth-order valence-electron chi connectivity index (χ4n) is 1.66. The molecule has 1 fully saturated rings. The summed E-state index contributed by atoms with van der Waals surface area (Å²) in [6.07, 6.45) is -0.0303. The molecule has 0 spiro atoms. The lowest BCUT2D eigenvalue weighted by atomic mass is 9.91. The molecule has 2 atom stereocenters. The lowest BCUT2D eigenvalue weighted by Gasteiger charge is -2.26. The topological polar surface area (TPSA) is 97.7 Å². The van der Waals surface area contributed by atoms with Gasteiger partial charge in [0.2, 0.25) is 0 Å². The molecule has 6 nitrogen and oxygen atoms in total. The van der Waals surface area contributed by atoms with Crippen LogP contribution in [0.5, 0.6) is 0 Å². The van der Waals surface area contributed by atoms with Crippen LogP contribution in [0.2, 0.25) is 0 Å². The van der Waals surface area contributed by atoms with Gasteiger partial charge in [-0.25, -0.2) is 8.42 Å². The van der Waals surface area contributed by atoms with Crippen LogP contribution in [-0.2, 0) is 24.2 Å². The van der Waals surface area contributed by atoms with Gasteiger partial charge in [-0.3, -0.25) is 9.59 Å². The molecule has 15 heavy (non-hydrogen) atoms. The van der Waals surface area contributed by atoms with Crippen LogP contribution in [0.1, 0.15) is 6.42 Å². The number of methoxy groups -OCH3 is 1. The number of esters is 1. The van der Waals surface area contributed by atoms with Crippen molar-refractivity contribution < 1.29 is 27.9 Å². The van der Waals surface area contributed by atoms with Crippen molar-refractivity contribution in [1.82, 2.24) is 0 Å². The van der Waals surface area contributed by atoms with Gasteiger partial charge in [-0.1, -0.05) is 0 Å². The maximum Gasteiger partial charge on any atom is 0.310 e. The van der Waals surface area contributed by atoms with Gasteiger partial charge in [0.25, 0.3) is 0 Å². The van der Waals surface area contributed by atoms with Crippen molar-refractivity contribution in [1.29, 1.82) is 0 Å². The lowest BCUT2D eigenvalue weighted by Crippen LogP contribution is -2.41. The Kier molecular flexibility index (Phi) is 3.33. The van der Waals surface area contributed by atoms with E-state index in [0.29, 0.717) is 0 Å². The van der Waals surface area contributed by atoms with E-state index in [0.717, 1.165) is 7.11 Å². The normalized spacial score (nSPS) is 29.4. The van der Waals surface area contributed by atoms with Crippen LogP contribution in [0.3, 0.4) is 0 Å². The zero-order valence-corrected chi connectivity index (χ0v) is 8.99. The van der Waals surface area contributed by atoms with Crippen LogP contribution in [-0.4, -0.2) is 44.1 Å². The number of carboxylic acids is 1.